The van der Waals surface area contributed by atoms with Gasteiger partial charge in [-0.05, 0) is 75.2 Å². The van der Waals surface area contributed by atoms with Crippen LogP contribution < -0.4 is 20.1 Å². The van der Waals surface area contributed by atoms with Crippen LogP contribution in [0.15, 0.2) is 18.2 Å². The van der Waals surface area contributed by atoms with Crippen molar-refractivity contribution in [2.45, 2.75) is 51.6 Å². The first-order valence-electron chi connectivity index (χ1n) is 9.43. The van der Waals surface area contributed by atoms with Crippen LogP contribution in [0.3, 0.4) is 0 Å². The average molecular weight is 383 g/mol. The summed E-state index contributed by atoms with van der Waals surface area (Å²) in [5.41, 5.74) is 0.796. The molecule has 1 amide bonds. The van der Waals surface area contributed by atoms with Crippen molar-refractivity contribution in [1.82, 2.24) is 10.6 Å². The summed E-state index contributed by atoms with van der Waals surface area (Å²) in [6, 6.07) is 5.47. The van der Waals surface area contributed by atoms with E-state index in [1.807, 2.05) is 12.1 Å². The molecule has 146 valence electrons. The van der Waals surface area contributed by atoms with Crippen LogP contribution >= 0.6 is 12.4 Å². The number of hydrogen-bond acceptors (Lipinski definition) is 4. The maximum absolute atomic E-state index is 12.5. The Bertz CT molecular complexity index is 597. The molecule has 1 aliphatic carbocycles. The Kier molecular flexibility index (Phi) is 7.59. The third-order valence-electron chi connectivity index (χ3n) is 5.51. The fraction of sp³-hybridized carbons (Fsp3) is 0.650. The second-order valence-corrected chi connectivity index (χ2v) is 7.63. The van der Waals surface area contributed by atoms with Gasteiger partial charge in [0.1, 0.15) is 0 Å². The van der Waals surface area contributed by atoms with Gasteiger partial charge in [-0.2, -0.15) is 0 Å². The van der Waals surface area contributed by atoms with Gasteiger partial charge in [-0.15, -0.1) is 12.4 Å². The Labute approximate surface area is 162 Å². The zero-order valence-corrected chi connectivity index (χ0v) is 16.6. The molecular formula is C20H31ClN2O3. The Morgan fingerprint density at radius 3 is 2.58 bits per heavy atom. The molecule has 2 aliphatic rings. The molecule has 1 saturated carbocycles. The summed E-state index contributed by atoms with van der Waals surface area (Å²) in [5, 5.41) is 6.46. The number of methoxy groups -OCH3 is 1. The van der Waals surface area contributed by atoms with E-state index >= 15 is 0 Å². The van der Waals surface area contributed by atoms with E-state index in [9.17, 15) is 4.79 Å². The molecule has 1 aliphatic heterocycles. The maximum atomic E-state index is 12.5. The van der Waals surface area contributed by atoms with E-state index in [1.165, 1.54) is 12.8 Å². The van der Waals surface area contributed by atoms with Gasteiger partial charge in [0.25, 0.3) is 5.91 Å². The molecule has 0 radical (unpaired) electrons. The lowest BCUT2D eigenvalue weighted by molar-refractivity contribution is 0.0922. The number of halogens is 1. The highest BCUT2D eigenvalue weighted by Crippen LogP contribution is 2.32. The summed E-state index contributed by atoms with van der Waals surface area (Å²) in [4.78, 5) is 12.5. The molecule has 2 fully saturated rings. The van der Waals surface area contributed by atoms with Crippen LogP contribution in [0.25, 0.3) is 0 Å². The van der Waals surface area contributed by atoms with Gasteiger partial charge in [0.05, 0.1) is 13.2 Å². The molecule has 6 heteroatoms. The van der Waals surface area contributed by atoms with Gasteiger partial charge in [-0.1, -0.05) is 6.92 Å². The van der Waals surface area contributed by atoms with Gasteiger partial charge >= 0.3 is 0 Å². The third-order valence-corrected chi connectivity index (χ3v) is 5.51. The molecule has 0 aromatic heterocycles. The van der Waals surface area contributed by atoms with E-state index < -0.39 is 0 Å². The Morgan fingerprint density at radius 2 is 1.92 bits per heavy atom. The van der Waals surface area contributed by atoms with Gasteiger partial charge < -0.3 is 20.1 Å². The van der Waals surface area contributed by atoms with Gasteiger partial charge in [0.2, 0.25) is 0 Å². The minimum atomic E-state index is -0.0505. The highest BCUT2D eigenvalue weighted by molar-refractivity contribution is 5.94. The van der Waals surface area contributed by atoms with Crippen LogP contribution in [-0.2, 0) is 0 Å². The van der Waals surface area contributed by atoms with E-state index in [1.54, 1.807) is 13.2 Å². The van der Waals surface area contributed by atoms with E-state index in [4.69, 9.17) is 9.47 Å². The monoisotopic (exact) mass is 382 g/mol. The Balaban J connectivity index is 0.00000243. The Hall–Kier alpha value is -1.46. The van der Waals surface area contributed by atoms with Crippen molar-refractivity contribution < 1.29 is 14.3 Å². The van der Waals surface area contributed by atoms with Crippen LogP contribution in [0, 0.1) is 5.41 Å². The lowest BCUT2D eigenvalue weighted by atomic mass is 9.81. The third kappa shape index (κ3) is 5.27. The summed E-state index contributed by atoms with van der Waals surface area (Å²) in [6.45, 7) is 4.99. The molecule has 1 heterocycles. The highest BCUT2D eigenvalue weighted by Gasteiger charge is 2.27. The molecule has 1 aromatic rings. The van der Waals surface area contributed by atoms with E-state index in [0.29, 0.717) is 17.9 Å². The summed E-state index contributed by atoms with van der Waals surface area (Å²) in [5.74, 6) is 1.31. The Morgan fingerprint density at radius 1 is 1.23 bits per heavy atom. The maximum Gasteiger partial charge on any atom is 0.251 e. The fourth-order valence-corrected chi connectivity index (χ4v) is 3.69. The number of benzene rings is 1. The van der Waals surface area contributed by atoms with Crippen molar-refractivity contribution in [1.29, 1.82) is 0 Å². The van der Waals surface area contributed by atoms with E-state index in [-0.39, 0.29) is 29.8 Å². The molecule has 0 unspecified atom stereocenters. The van der Waals surface area contributed by atoms with Gasteiger partial charge in [-0.3, -0.25) is 4.79 Å². The van der Waals surface area contributed by atoms with Crippen LogP contribution in [0.5, 0.6) is 11.5 Å². The number of carbonyl (C=O) groups excluding carboxylic acids is 1. The largest absolute Gasteiger partial charge is 0.493 e. The van der Waals surface area contributed by atoms with Crippen molar-refractivity contribution in [2.24, 2.45) is 5.41 Å². The van der Waals surface area contributed by atoms with Crippen LogP contribution in [-0.4, -0.2) is 38.8 Å². The molecule has 0 spiro atoms. The van der Waals surface area contributed by atoms with Crippen molar-refractivity contribution in [3.05, 3.63) is 23.8 Å². The number of rotatable bonds is 6. The quantitative estimate of drug-likeness (QED) is 0.789. The smallest absolute Gasteiger partial charge is 0.251 e. The van der Waals surface area contributed by atoms with Gasteiger partial charge in [-0.25, -0.2) is 0 Å². The standard InChI is InChI=1S/C20H30N2O3.ClH/c1-20(9-11-21-12-10-20)14-22-19(23)15-7-8-17(18(13-15)24-2)25-16-5-3-4-6-16;/h7-8,13,16,21H,3-6,9-12,14H2,1-2H3,(H,22,23);1H. The van der Waals surface area contributed by atoms with Gasteiger partial charge in [0, 0.05) is 12.1 Å². The second-order valence-electron chi connectivity index (χ2n) is 7.63. The minimum Gasteiger partial charge on any atom is -0.493 e. The number of piperidine rings is 1. The zero-order chi connectivity index (χ0) is 17.7. The first-order valence-corrected chi connectivity index (χ1v) is 9.43. The molecule has 1 aromatic carbocycles. The van der Waals surface area contributed by atoms with E-state index in [2.05, 4.69) is 17.6 Å². The summed E-state index contributed by atoms with van der Waals surface area (Å²) in [7, 11) is 1.62. The van der Waals surface area contributed by atoms with Gasteiger partial charge in [0.15, 0.2) is 11.5 Å². The normalized spacial score (nSPS) is 19.5. The number of hydrogen-bond donors (Lipinski definition) is 2. The lowest BCUT2D eigenvalue weighted by Gasteiger charge is -2.34. The number of carbonyl (C=O) groups is 1. The van der Waals surface area contributed by atoms with Crippen molar-refractivity contribution in [3.8, 4) is 11.5 Å². The lowest BCUT2D eigenvalue weighted by Crippen LogP contribution is -2.42. The summed E-state index contributed by atoms with van der Waals surface area (Å²) < 4.78 is 11.5. The number of amides is 1. The molecule has 0 bridgehead atoms. The molecular weight excluding hydrogens is 352 g/mol. The first-order chi connectivity index (χ1) is 12.1. The minimum absolute atomic E-state index is 0. The topological polar surface area (TPSA) is 59.6 Å². The SMILES string of the molecule is COc1cc(C(=O)NCC2(C)CCNCC2)ccc1OC1CCCC1.Cl. The summed E-state index contributed by atoms with van der Waals surface area (Å²) >= 11 is 0. The van der Waals surface area contributed by atoms with Crippen molar-refractivity contribution in [3.63, 3.8) is 0 Å². The number of ether oxygens (including phenoxy) is 2. The zero-order valence-electron chi connectivity index (χ0n) is 15.8. The molecule has 5 nitrogen and oxygen atoms in total. The molecule has 0 atom stereocenters. The molecule has 1 saturated heterocycles. The molecule has 2 N–H and O–H groups in total. The summed E-state index contributed by atoms with van der Waals surface area (Å²) in [6.07, 6.45) is 7.09. The van der Waals surface area contributed by atoms with Crippen molar-refractivity contribution in [2.75, 3.05) is 26.7 Å². The molecule has 3 rings (SSSR count). The molecule has 26 heavy (non-hydrogen) atoms. The fourth-order valence-electron chi connectivity index (χ4n) is 3.69. The van der Waals surface area contributed by atoms with Crippen LogP contribution in [0.1, 0.15) is 55.8 Å². The second kappa shape index (κ2) is 9.47. The van der Waals surface area contributed by atoms with Crippen LogP contribution in [0.4, 0.5) is 0 Å². The predicted octanol–water partition coefficient (Wildman–Crippen LogP) is 3.56. The van der Waals surface area contributed by atoms with Crippen molar-refractivity contribution >= 4 is 18.3 Å². The first kappa shape index (κ1) is 20.8. The van der Waals surface area contributed by atoms with E-state index in [0.717, 1.165) is 44.5 Å². The number of nitrogens with one attached hydrogen (secondary N) is 2. The average Bonchev–Trinajstić information content (AvgIpc) is 3.14. The van der Waals surface area contributed by atoms with Crippen LogP contribution in [0.2, 0.25) is 0 Å². The predicted molar refractivity (Wildman–Crippen MR) is 106 cm³/mol. The highest BCUT2D eigenvalue weighted by atomic mass is 35.5.